The lowest BCUT2D eigenvalue weighted by Crippen LogP contribution is -2.31. The van der Waals surface area contributed by atoms with Gasteiger partial charge in [-0.05, 0) is 48.9 Å². The first kappa shape index (κ1) is 23.4. The summed E-state index contributed by atoms with van der Waals surface area (Å²) < 4.78 is 4.11. The van der Waals surface area contributed by atoms with Gasteiger partial charge in [-0.2, -0.15) is 0 Å². The van der Waals surface area contributed by atoms with Crippen LogP contribution in [-0.4, -0.2) is 35.5 Å². The number of aryl methyl sites for hydroxylation is 1. The minimum absolute atomic E-state index is 0.373. The fourth-order valence-corrected chi connectivity index (χ4v) is 4.97. The zero-order valence-electron chi connectivity index (χ0n) is 21.2. The molecule has 0 radical (unpaired) electrons. The Morgan fingerprint density at radius 1 is 0.974 bits per heavy atom. The van der Waals surface area contributed by atoms with Crippen molar-refractivity contribution in [3.8, 4) is 16.9 Å². The molecule has 6 aromatic rings. The zero-order chi connectivity index (χ0) is 26.1. The number of carbonyl (C=O) groups is 1. The molecule has 0 spiro atoms. The van der Waals surface area contributed by atoms with Crippen LogP contribution in [0.5, 0.6) is 0 Å². The van der Waals surface area contributed by atoms with E-state index >= 15 is 0 Å². The fourth-order valence-electron chi connectivity index (χ4n) is 4.97. The van der Waals surface area contributed by atoms with Crippen molar-refractivity contribution in [2.45, 2.75) is 19.4 Å². The topological polar surface area (TPSA) is 84.6 Å². The van der Waals surface area contributed by atoms with Crippen molar-refractivity contribution in [3.05, 3.63) is 115 Å². The van der Waals surface area contributed by atoms with Crippen LogP contribution in [0.15, 0.2) is 97.6 Å². The number of amides is 1. The average molecular weight is 502 g/mol. The van der Waals surface area contributed by atoms with Gasteiger partial charge in [0.1, 0.15) is 23.5 Å². The highest BCUT2D eigenvalue weighted by atomic mass is 16.1. The Morgan fingerprint density at radius 3 is 2.50 bits per heavy atom. The monoisotopic (exact) mass is 501 g/mol. The van der Waals surface area contributed by atoms with Gasteiger partial charge < -0.3 is 14.1 Å². The number of hydrogen-bond acceptors (Lipinski definition) is 4. The molecule has 4 heterocycles. The van der Waals surface area contributed by atoms with Gasteiger partial charge in [0.2, 0.25) is 6.41 Å². The number of nitrogens with one attached hydrogen (secondary N) is 1. The highest BCUT2D eigenvalue weighted by Gasteiger charge is 2.28. The van der Waals surface area contributed by atoms with Crippen LogP contribution in [0, 0.1) is 6.92 Å². The van der Waals surface area contributed by atoms with Crippen molar-refractivity contribution in [1.29, 1.82) is 0 Å². The zero-order valence-corrected chi connectivity index (χ0v) is 21.2. The molecule has 188 valence electrons. The van der Waals surface area contributed by atoms with E-state index in [0.717, 1.165) is 51.6 Å². The summed E-state index contributed by atoms with van der Waals surface area (Å²) in [5, 5.41) is 1.04. The van der Waals surface area contributed by atoms with Gasteiger partial charge >= 0.3 is 0 Å². The van der Waals surface area contributed by atoms with Gasteiger partial charge in [-0.1, -0.05) is 36.4 Å². The first-order valence-corrected chi connectivity index (χ1v) is 12.5. The van der Waals surface area contributed by atoms with Gasteiger partial charge in [-0.25, -0.2) is 9.97 Å². The smallest absolute Gasteiger partial charge is 0.215 e. The quantitative estimate of drug-likeness (QED) is 0.283. The van der Waals surface area contributed by atoms with E-state index in [1.54, 1.807) is 17.3 Å². The van der Waals surface area contributed by atoms with Crippen LogP contribution in [0.2, 0.25) is 0 Å². The Hall–Kier alpha value is -4.98. The van der Waals surface area contributed by atoms with E-state index in [2.05, 4.69) is 43.8 Å². The van der Waals surface area contributed by atoms with E-state index in [1.807, 2.05) is 79.5 Å². The second kappa shape index (κ2) is 9.82. The number of imidazole rings is 2. The van der Waals surface area contributed by atoms with Crippen LogP contribution in [0.4, 0.5) is 5.82 Å². The summed E-state index contributed by atoms with van der Waals surface area (Å²) in [6, 6.07) is 23.8. The first-order valence-electron chi connectivity index (χ1n) is 12.5. The van der Waals surface area contributed by atoms with Crippen molar-refractivity contribution in [3.63, 3.8) is 0 Å². The largest absolute Gasteiger partial charge is 0.341 e. The molecule has 38 heavy (non-hydrogen) atoms. The Labute approximate surface area is 220 Å². The maximum absolute atomic E-state index is 12.6. The Bertz CT molecular complexity index is 1660. The molecule has 1 N–H and O–H groups in total. The number of rotatable bonds is 8. The Morgan fingerprint density at radius 2 is 1.79 bits per heavy atom. The molecule has 1 amide bonds. The number of aromatic amines is 1. The van der Waals surface area contributed by atoms with E-state index in [0.29, 0.717) is 12.2 Å². The summed E-state index contributed by atoms with van der Waals surface area (Å²) in [6.07, 6.45) is 8.77. The summed E-state index contributed by atoms with van der Waals surface area (Å²) >= 11 is 0. The third kappa shape index (κ3) is 4.26. The maximum Gasteiger partial charge on any atom is 0.215 e. The van der Waals surface area contributed by atoms with Crippen molar-refractivity contribution in [1.82, 2.24) is 29.1 Å². The number of aromatic nitrogens is 6. The highest BCUT2D eigenvalue weighted by Crippen LogP contribution is 2.32. The predicted molar refractivity (Wildman–Crippen MR) is 148 cm³/mol. The van der Waals surface area contributed by atoms with Crippen molar-refractivity contribution < 1.29 is 4.79 Å². The van der Waals surface area contributed by atoms with Gasteiger partial charge in [-0.15, -0.1) is 0 Å². The molecule has 1 unspecified atom stereocenters. The van der Waals surface area contributed by atoms with E-state index < -0.39 is 0 Å². The molecule has 8 heteroatoms. The molecule has 0 saturated heterocycles. The van der Waals surface area contributed by atoms with Gasteiger partial charge in [0.15, 0.2) is 0 Å². The third-order valence-electron chi connectivity index (χ3n) is 6.96. The Kier molecular flexibility index (Phi) is 6.05. The lowest BCUT2D eigenvalue weighted by Gasteiger charge is -2.27. The average Bonchev–Trinajstić information content (AvgIpc) is 3.67. The number of anilines is 1. The van der Waals surface area contributed by atoms with E-state index in [-0.39, 0.29) is 6.04 Å². The molecule has 0 bridgehead atoms. The standard InChI is InChI=1S/C30H27N7O/c1-21-31-15-16-36(21)25-12-10-22(11-13-25)28-19-33-30(35(28)2)27(18-24-8-5-6-14-32-24)37(20-38)29-17-23-7-3-4-9-26(23)34-29/h3-17,19-20,27,34H,18H2,1-2H3. The maximum atomic E-state index is 12.6. The van der Waals surface area contributed by atoms with Crippen LogP contribution >= 0.6 is 0 Å². The molecular formula is C30H27N7O. The van der Waals surface area contributed by atoms with E-state index in [9.17, 15) is 4.79 Å². The van der Waals surface area contributed by atoms with Crippen LogP contribution in [-0.2, 0) is 18.3 Å². The third-order valence-corrected chi connectivity index (χ3v) is 6.96. The van der Waals surface area contributed by atoms with Crippen molar-refractivity contribution in [2.75, 3.05) is 4.90 Å². The van der Waals surface area contributed by atoms with E-state index in [4.69, 9.17) is 4.98 Å². The lowest BCUT2D eigenvalue weighted by atomic mass is 10.1. The van der Waals surface area contributed by atoms with Crippen molar-refractivity contribution in [2.24, 2.45) is 7.05 Å². The summed E-state index contributed by atoms with van der Waals surface area (Å²) in [5.41, 5.74) is 4.89. The van der Waals surface area contributed by atoms with Gasteiger partial charge in [-0.3, -0.25) is 14.7 Å². The molecular weight excluding hydrogens is 474 g/mol. The molecule has 4 aromatic heterocycles. The highest BCUT2D eigenvalue weighted by molar-refractivity contribution is 5.88. The second-order valence-electron chi connectivity index (χ2n) is 9.25. The van der Waals surface area contributed by atoms with Crippen molar-refractivity contribution >= 4 is 23.1 Å². The summed E-state index contributed by atoms with van der Waals surface area (Å²) in [6.45, 7) is 1.98. The van der Waals surface area contributed by atoms with Crippen LogP contribution in [0.1, 0.15) is 23.4 Å². The van der Waals surface area contributed by atoms with E-state index in [1.165, 1.54) is 0 Å². The molecule has 1 atom stereocenters. The summed E-state index contributed by atoms with van der Waals surface area (Å²) in [5.74, 6) is 2.42. The molecule has 0 aliphatic carbocycles. The van der Waals surface area contributed by atoms with Crippen LogP contribution in [0.3, 0.4) is 0 Å². The minimum Gasteiger partial charge on any atom is -0.341 e. The number of hydrogen-bond donors (Lipinski definition) is 1. The van der Waals surface area contributed by atoms with Crippen LogP contribution in [0.25, 0.3) is 27.8 Å². The number of para-hydroxylation sites is 1. The first-order chi connectivity index (χ1) is 18.6. The molecule has 0 fully saturated rings. The predicted octanol–water partition coefficient (Wildman–Crippen LogP) is 5.40. The summed E-state index contributed by atoms with van der Waals surface area (Å²) in [7, 11) is 1.99. The van der Waals surface area contributed by atoms with Gasteiger partial charge in [0, 0.05) is 54.3 Å². The number of fused-ring (bicyclic) bond motifs is 1. The molecule has 6 rings (SSSR count). The molecule has 0 aliphatic heterocycles. The number of pyridine rings is 1. The SMILES string of the molecule is Cc1nccn1-c1ccc(-c2cnc(C(Cc3ccccn3)N(C=O)c3cc4ccccc4[nH]3)n2C)cc1. The number of carbonyl (C=O) groups excluding carboxylic acids is 1. The minimum atomic E-state index is -0.373. The molecule has 0 aliphatic rings. The lowest BCUT2D eigenvalue weighted by molar-refractivity contribution is -0.108. The normalized spacial score (nSPS) is 12.1. The van der Waals surface area contributed by atoms with Gasteiger partial charge in [0.25, 0.3) is 0 Å². The fraction of sp³-hybridized carbons (Fsp3) is 0.133. The molecule has 8 nitrogen and oxygen atoms in total. The number of nitrogens with zero attached hydrogens (tertiary/aromatic N) is 6. The summed E-state index contributed by atoms with van der Waals surface area (Å²) in [4.78, 5) is 31.4. The molecule has 2 aromatic carbocycles. The second-order valence-corrected chi connectivity index (χ2v) is 9.25. The Balaban J connectivity index is 1.39. The van der Waals surface area contributed by atoms with Gasteiger partial charge in [0.05, 0.1) is 11.9 Å². The number of benzene rings is 2. The van der Waals surface area contributed by atoms with Crippen LogP contribution < -0.4 is 4.90 Å². The number of H-pyrrole nitrogens is 1. The molecule has 0 saturated carbocycles.